The van der Waals surface area contributed by atoms with Crippen LogP contribution in [0.2, 0.25) is 0 Å². The van der Waals surface area contributed by atoms with E-state index in [0.717, 1.165) is 24.2 Å². The predicted molar refractivity (Wildman–Crippen MR) is 70.5 cm³/mol. The second kappa shape index (κ2) is 4.38. The molecule has 0 radical (unpaired) electrons. The van der Waals surface area contributed by atoms with Crippen molar-refractivity contribution in [2.75, 3.05) is 0 Å². The molecule has 1 saturated carbocycles. The number of nitrogen functional groups attached to an aromatic ring is 1. The highest BCUT2D eigenvalue weighted by Crippen LogP contribution is 2.44. The molecule has 19 heavy (non-hydrogen) atoms. The van der Waals surface area contributed by atoms with Gasteiger partial charge >= 0.3 is 0 Å². The lowest BCUT2D eigenvalue weighted by Gasteiger charge is -1.99. The minimum atomic E-state index is -0.647. The number of nitrogens with zero attached hydrogens (tertiary/aromatic N) is 1. The maximum Gasteiger partial charge on any atom is 0.136 e. The number of hydrogen-bond donors (Lipinski definition) is 2. The van der Waals surface area contributed by atoms with Gasteiger partial charge in [-0.2, -0.15) is 0 Å². The van der Waals surface area contributed by atoms with Gasteiger partial charge in [0.1, 0.15) is 22.5 Å². The van der Waals surface area contributed by atoms with Gasteiger partial charge in [0.2, 0.25) is 0 Å². The minimum Gasteiger partial charge on any atom is -0.383 e. The van der Waals surface area contributed by atoms with E-state index in [1.165, 1.54) is 18.2 Å². The molecule has 3 nitrogen and oxygen atoms in total. The Morgan fingerprint density at radius 1 is 1.32 bits per heavy atom. The van der Waals surface area contributed by atoms with Crippen LogP contribution >= 0.6 is 11.3 Å². The summed E-state index contributed by atoms with van der Waals surface area (Å²) in [5.41, 5.74) is 6.08. The highest BCUT2D eigenvalue weighted by atomic mass is 32.1. The van der Waals surface area contributed by atoms with Crippen LogP contribution in [0.15, 0.2) is 18.2 Å². The Bertz CT molecular complexity index is 642. The lowest BCUT2D eigenvalue weighted by Crippen LogP contribution is -2.11. The summed E-state index contributed by atoms with van der Waals surface area (Å²) in [5.74, 6) is -1.11. The van der Waals surface area contributed by atoms with Gasteiger partial charge in [0, 0.05) is 5.92 Å². The van der Waals surface area contributed by atoms with Crippen molar-refractivity contribution in [3.63, 3.8) is 0 Å². The largest absolute Gasteiger partial charge is 0.383 e. The quantitative estimate of drug-likeness (QED) is 0.669. The fourth-order valence-electron chi connectivity index (χ4n) is 1.97. The lowest BCUT2D eigenvalue weighted by atomic mass is 10.2. The first-order valence-electron chi connectivity index (χ1n) is 5.87. The summed E-state index contributed by atoms with van der Waals surface area (Å²) in [5, 5.41) is 7.79. The van der Waals surface area contributed by atoms with E-state index in [2.05, 4.69) is 4.98 Å². The van der Waals surface area contributed by atoms with Crippen molar-refractivity contribution in [3.8, 4) is 10.6 Å². The van der Waals surface area contributed by atoms with Gasteiger partial charge in [-0.1, -0.05) is 6.07 Å². The number of halogens is 2. The molecule has 1 heterocycles. The summed E-state index contributed by atoms with van der Waals surface area (Å²) in [7, 11) is 0. The normalized spacial score (nSPS) is 14.6. The molecule has 1 aromatic heterocycles. The Morgan fingerprint density at radius 3 is 2.47 bits per heavy atom. The number of rotatable bonds is 3. The Hall–Kier alpha value is -1.82. The predicted octanol–water partition coefficient (Wildman–Crippen LogP) is 3.25. The van der Waals surface area contributed by atoms with E-state index < -0.39 is 11.6 Å². The lowest BCUT2D eigenvalue weighted by molar-refractivity contribution is 0.589. The van der Waals surface area contributed by atoms with Crippen molar-refractivity contribution < 1.29 is 8.78 Å². The summed E-state index contributed by atoms with van der Waals surface area (Å²) in [6.07, 6.45) is 1.98. The molecule has 0 amide bonds. The standard InChI is InChI=1S/C13H11F2N3S/c14-7-2-1-3-8(15)9(7)13-18-10(6-4-5-6)11(19-13)12(16)17/h1-3,6H,4-5H2,(H3,16,17). The Balaban J connectivity index is 2.16. The van der Waals surface area contributed by atoms with E-state index in [1.807, 2.05) is 0 Å². The van der Waals surface area contributed by atoms with E-state index in [9.17, 15) is 8.78 Å². The highest BCUT2D eigenvalue weighted by molar-refractivity contribution is 7.17. The van der Waals surface area contributed by atoms with Crippen LogP contribution in [0.3, 0.4) is 0 Å². The third-order valence-corrected chi connectivity index (χ3v) is 4.16. The third kappa shape index (κ3) is 2.12. The number of amidine groups is 1. The number of nitrogens with one attached hydrogen (secondary N) is 1. The van der Waals surface area contributed by atoms with Crippen molar-refractivity contribution in [2.24, 2.45) is 5.73 Å². The Kier molecular flexibility index (Phi) is 2.82. The first kappa shape index (κ1) is 12.2. The molecule has 0 saturated heterocycles. The van der Waals surface area contributed by atoms with Crippen molar-refractivity contribution in [1.82, 2.24) is 4.98 Å². The molecule has 98 valence electrons. The monoisotopic (exact) mass is 279 g/mol. The molecule has 1 aliphatic rings. The fraction of sp³-hybridized carbons (Fsp3) is 0.231. The number of thiazole rings is 1. The molecule has 0 atom stereocenters. The van der Waals surface area contributed by atoms with Gasteiger partial charge in [0.15, 0.2) is 0 Å². The summed E-state index contributed by atoms with van der Waals surface area (Å²) in [4.78, 5) is 4.83. The number of aromatic nitrogens is 1. The number of nitrogens with two attached hydrogens (primary N) is 1. The molecule has 0 bridgehead atoms. The van der Waals surface area contributed by atoms with Crippen LogP contribution < -0.4 is 5.73 Å². The van der Waals surface area contributed by atoms with E-state index in [0.29, 0.717) is 10.6 Å². The summed E-state index contributed by atoms with van der Waals surface area (Å²) in [6, 6.07) is 3.71. The van der Waals surface area contributed by atoms with Crippen molar-refractivity contribution in [3.05, 3.63) is 40.4 Å². The fourth-order valence-corrected chi connectivity index (χ4v) is 3.03. The maximum absolute atomic E-state index is 13.7. The molecule has 2 aromatic rings. The molecule has 0 spiro atoms. The van der Waals surface area contributed by atoms with Crippen LogP contribution in [-0.2, 0) is 0 Å². The molecule has 0 unspecified atom stereocenters. The highest BCUT2D eigenvalue weighted by Gasteiger charge is 2.31. The van der Waals surface area contributed by atoms with Gasteiger partial charge in [-0.15, -0.1) is 11.3 Å². The van der Waals surface area contributed by atoms with E-state index in [4.69, 9.17) is 11.1 Å². The Labute approximate surface area is 112 Å². The van der Waals surface area contributed by atoms with Crippen LogP contribution in [0.5, 0.6) is 0 Å². The van der Waals surface area contributed by atoms with Crippen molar-refractivity contribution in [1.29, 1.82) is 5.41 Å². The van der Waals surface area contributed by atoms with Gasteiger partial charge < -0.3 is 5.73 Å². The molecule has 3 rings (SSSR count). The molecular formula is C13H11F2N3S. The van der Waals surface area contributed by atoms with E-state index in [-0.39, 0.29) is 22.3 Å². The molecule has 0 aliphatic heterocycles. The summed E-state index contributed by atoms with van der Waals surface area (Å²) < 4.78 is 27.5. The zero-order valence-corrected chi connectivity index (χ0v) is 10.7. The van der Waals surface area contributed by atoms with Crippen molar-refractivity contribution >= 4 is 17.2 Å². The zero-order valence-electron chi connectivity index (χ0n) is 9.91. The Morgan fingerprint density at radius 2 is 1.95 bits per heavy atom. The average Bonchev–Trinajstić information content (AvgIpc) is 3.09. The minimum absolute atomic E-state index is 0.0950. The zero-order chi connectivity index (χ0) is 13.6. The molecule has 1 fully saturated rings. The van der Waals surface area contributed by atoms with E-state index in [1.54, 1.807) is 0 Å². The van der Waals surface area contributed by atoms with Crippen LogP contribution in [0.1, 0.15) is 29.3 Å². The number of benzene rings is 1. The second-order valence-electron chi connectivity index (χ2n) is 4.52. The topological polar surface area (TPSA) is 62.8 Å². The van der Waals surface area contributed by atoms with Crippen LogP contribution in [0, 0.1) is 17.0 Å². The molecule has 3 N–H and O–H groups in total. The third-order valence-electron chi connectivity index (χ3n) is 3.04. The smallest absolute Gasteiger partial charge is 0.136 e. The average molecular weight is 279 g/mol. The molecule has 6 heteroatoms. The molecule has 1 aliphatic carbocycles. The number of hydrogen-bond acceptors (Lipinski definition) is 3. The SMILES string of the molecule is N=C(N)c1sc(-c2c(F)cccc2F)nc1C1CC1. The molecule has 1 aromatic carbocycles. The summed E-state index contributed by atoms with van der Waals surface area (Å²) >= 11 is 1.08. The van der Waals surface area contributed by atoms with Gasteiger partial charge in [-0.05, 0) is 25.0 Å². The maximum atomic E-state index is 13.7. The first-order chi connectivity index (χ1) is 9.08. The van der Waals surface area contributed by atoms with Crippen LogP contribution in [-0.4, -0.2) is 10.8 Å². The van der Waals surface area contributed by atoms with Crippen LogP contribution in [0.4, 0.5) is 8.78 Å². The van der Waals surface area contributed by atoms with Gasteiger partial charge in [-0.3, -0.25) is 5.41 Å². The second-order valence-corrected chi connectivity index (χ2v) is 5.52. The first-order valence-corrected chi connectivity index (χ1v) is 6.69. The molecular weight excluding hydrogens is 268 g/mol. The van der Waals surface area contributed by atoms with E-state index >= 15 is 0 Å². The van der Waals surface area contributed by atoms with Gasteiger partial charge in [-0.25, -0.2) is 13.8 Å². The van der Waals surface area contributed by atoms with Gasteiger partial charge in [0.25, 0.3) is 0 Å². The van der Waals surface area contributed by atoms with Gasteiger partial charge in [0.05, 0.1) is 16.1 Å². The summed E-state index contributed by atoms with van der Waals surface area (Å²) in [6.45, 7) is 0. The van der Waals surface area contributed by atoms with Crippen molar-refractivity contribution in [2.45, 2.75) is 18.8 Å². The van der Waals surface area contributed by atoms with Crippen LogP contribution in [0.25, 0.3) is 10.6 Å².